The van der Waals surface area contributed by atoms with Crippen molar-refractivity contribution < 1.29 is 0 Å². The standard InChI is InChI=1S/C13H29N3/c1-13(2,3)5-7-15-9-11-16(12-10-15)8-6-14-4/h14H,5-12H2,1-4H3. The van der Waals surface area contributed by atoms with E-state index in [2.05, 4.69) is 35.9 Å². The predicted molar refractivity (Wildman–Crippen MR) is 70.9 cm³/mol. The van der Waals surface area contributed by atoms with Gasteiger partial charge in [0.2, 0.25) is 0 Å². The van der Waals surface area contributed by atoms with Gasteiger partial charge in [-0.3, -0.25) is 4.90 Å². The van der Waals surface area contributed by atoms with Crippen LogP contribution in [0.3, 0.4) is 0 Å². The van der Waals surface area contributed by atoms with Crippen molar-refractivity contribution in [1.82, 2.24) is 15.1 Å². The highest BCUT2D eigenvalue weighted by Gasteiger charge is 2.18. The van der Waals surface area contributed by atoms with Gasteiger partial charge in [0.25, 0.3) is 0 Å². The van der Waals surface area contributed by atoms with E-state index >= 15 is 0 Å². The maximum Gasteiger partial charge on any atom is 0.0110 e. The van der Waals surface area contributed by atoms with E-state index < -0.39 is 0 Å². The fraction of sp³-hybridized carbons (Fsp3) is 1.00. The maximum absolute atomic E-state index is 3.22. The van der Waals surface area contributed by atoms with E-state index in [9.17, 15) is 0 Å². The molecular formula is C13H29N3. The molecule has 96 valence electrons. The Balaban J connectivity index is 2.12. The van der Waals surface area contributed by atoms with E-state index in [-0.39, 0.29) is 0 Å². The van der Waals surface area contributed by atoms with Gasteiger partial charge in [0.05, 0.1) is 0 Å². The number of nitrogens with zero attached hydrogens (tertiary/aromatic N) is 2. The number of piperazine rings is 1. The van der Waals surface area contributed by atoms with E-state index in [1.165, 1.54) is 45.7 Å². The number of rotatable bonds is 5. The molecule has 0 atom stereocenters. The third kappa shape index (κ3) is 5.83. The van der Waals surface area contributed by atoms with Gasteiger partial charge in [-0.05, 0) is 25.4 Å². The third-order valence-electron chi connectivity index (χ3n) is 3.32. The van der Waals surface area contributed by atoms with Crippen LogP contribution in [0.15, 0.2) is 0 Å². The molecule has 3 heteroatoms. The average Bonchev–Trinajstić information content (AvgIpc) is 2.24. The summed E-state index contributed by atoms with van der Waals surface area (Å²) < 4.78 is 0. The SMILES string of the molecule is CNCCN1CCN(CCC(C)(C)C)CC1. The summed E-state index contributed by atoms with van der Waals surface area (Å²) in [7, 11) is 2.03. The minimum absolute atomic E-state index is 0.475. The van der Waals surface area contributed by atoms with E-state index in [0.717, 1.165) is 6.54 Å². The molecule has 0 spiro atoms. The summed E-state index contributed by atoms with van der Waals surface area (Å²) in [6.07, 6.45) is 1.31. The lowest BCUT2D eigenvalue weighted by atomic mass is 9.92. The molecule has 1 heterocycles. The van der Waals surface area contributed by atoms with Gasteiger partial charge in [0, 0.05) is 39.3 Å². The van der Waals surface area contributed by atoms with Crippen LogP contribution < -0.4 is 5.32 Å². The van der Waals surface area contributed by atoms with E-state index in [1.807, 2.05) is 7.05 Å². The lowest BCUT2D eigenvalue weighted by Crippen LogP contribution is -2.48. The van der Waals surface area contributed by atoms with Crippen molar-refractivity contribution in [3.8, 4) is 0 Å². The minimum Gasteiger partial charge on any atom is -0.318 e. The average molecular weight is 227 g/mol. The molecule has 1 rings (SSSR count). The molecule has 1 saturated heterocycles. The van der Waals surface area contributed by atoms with Crippen molar-refractivity contribution in [2.45, 2.75) is 27.2 Å². The molecule has 0 unspecified atom stereocenters. The van der Waals surface area contributed by atoms with Crippen LogP contribution in [0.25, 0.3) is 0 Å². The highest BCUT2D eigenvalue weighted by molar-refractivity contribution is 4.74. The molecule has 0 radical (unpaired) electrons. The van der Waals surface area contributed by atoms with Gasteiger partial charge in [-0.2, -0.15) is 0 Å². The number of nitrogens with one attached hydrogen (secondary N) is 1. The van der Waals surface area contributed by atoms with Crippen LogP contribution in [0.5, 0.6) is 0 Å². The van der Waals surface area contributed by atoms with Crippen LogP contribution in [0.1, 0.15) is 27.2 Å². The van der Waals surface area contributed by atoms with Crippen molar-refractivity contribution in [3.05, 3.63) is 0 Å². The van der Waals surface area contributed by atoms with E-state index in [1.54, 1.807) is 0 Å². The molecule has 0 aliphatic carbocycles. The zero-order chi connectivity index (χ0) is 12.0. The summed E-state index contributed by atoms with van der Waals surface area (Å²) in [5, 5.41) is 3.22. The molecule has 1 aliphatic heterocycles. The van der Waals surface area contributed by atoms with E-state index in [4.69, 9.17) is 0 Å². The quantitative estimate of drug-likeness (QED) is 0.763. The van der Waals surface area contributed by atoms with Crippen LogP contribution in [-0.2, 0) is 0 Å². The third-order valence-corrected chi connectivity index (χ3v) is 3.32. The van der Waals surface area contributed by atoms with Crippen LogP contribution in [0, 0.1) is 5.41 Å². The maximum atomic E-state index is 3.22. The van der Waals surface area contributed by atoms with Gasteiger partial charge in [-0.25, -0.2) is 0 Å². The summed E-state index contributed by atoms with van der Waals surface area (Å²) >= 11 is 0. The Hall–Kier alpha value is -0.120. The highest BCUT2D eigenvalue weighted by Crippen LogP contribution is 2.19. The largest absolute Gasteiger partial charge is 0.318 e. The van der Waals surface area contributed by atoms with Crippen LogP contribution in [0.2, 0.25) is 0 Å². The van der Waals surface area contributed by atoms with Crippen molar-refractivity contribution in [2.24, 2.45) is 5.41 Å². The Bertz CT molecular complexity index is 178. The zero-order valence-electron chi connectivity index (χ0n) is 11.6. The normalized spacial score (nSPS) is 20.2. The second-order valence-corrected chi connectivity index (χ2v) is 6.10. The molecule has 3 nitrogen and oxygen atoms in total. The Morgan fingerprint density at radius 1 is 0.938 bits per heavy atom. The molecule has 1 N–H and O–H groups in total. The second-order valence-electron chi connectivity index (χ2n) is 6.10. The summed E-state index contributed by atoms with van der Waals surface area (Å²) in [6.45, 7) is 15.6. The second kappa shape index (κ2) is 6.58. The van der Waals surface area contributed by atoms with Gasteiger partial charge in [-0.1, -0.05) is 20.8 Å². The first-order valence-corrected chi connectivity index (χ1v) is 6.60. The molecule has 0 bridgehead atoms. The first-order chi connectivity index (χ1) is 7.51. The van der Waals surface area contributed by atoms with Crippen LogP contribution in [-0.4, -0.2) is 62.7 Å². The number of hydrogen-bond acceptors (Lipinski definition) is 3. The predicted octanol–water partition coefficient (Wildman–Crippen LogP) is 1.26. The molecule has 0 aromatic carbocycles. The minimum atomic E-state index is 0.475. The lowest BCUT2D eigenvalue weighted by molar-refractivity contribution is 0.122. The Morgan fingerprint density at radius 3 is 1.88 bits per heavy atom. The monoisotopic (exact) mass is 227 g/mol. The first kappa shape index (κ1) is 13.9. The fourth-order valence-electron chi connectivity index (χ4n) is 2.00. The summed E-state index contributed by atoms with van der Waals surface area (Å²) in [4.78, 5) is 5.17. The molecule has 0 aromatic rings. The molecular weight excluding hydrogens is 198 g/mol. The number of hydrogen-bond donors (Lipinski definition) is 1. The zero-order valence-corrected chi connectivity index (χ0v) is 11.6. The molecule has 16 heavy (non-hydrogen) atoms. The van der Waals surface area contributed by atoms with Crippen molar-refractivity contribution in [2.75, 3.05) is 52.9 Å². The van der Waals surface area contributed by atoms with Crippen molar-refractivity contribution >= 4 is 0 Å². The lowest BCUT2D eigenvalue weighted by Gasteiger charge is -2.35. The number of likely N-dealkylation sites (N-methyl/N-ethyl adjacent to an activating group) is 1. The molecule has 0 aromatic heterocycles. The fourth-order valence-corrected chi connectivity index (χ4v) is 2.00. The van der Waals surface area contributed by atoms with Crippen LogP contribution >= 0.6 is 0 Å². The highest BCUT2D eigenvalue weighted by atomic mass is 15.3. The molecule has 0 amide bonds. The first-order valence-electron chi connectivity index (χ1n) is 6.60. The van der Waals surface area contributed by atoms with Crippen molar-refractivity contribution in [3.63, 3.8) is 0 Å². The smallest absolute Gasteiger partial charge is 0.0110 e. The summed E-state index contributed by atoms with van der Waals surface area (Å²) in [5.74, 6) is 0. The van der Waals surface area contributed by atoms with Gasteiger partial charge in [-0.15, -0.1) is 0 Å². The van der Waals surface area contributed by atoms with Gasteiger partial charge < -0.3 is 10.2 Å². The van der Waals surface area contributed by atoms with Gasteiger partial charge in [0.15, 0.2) is 0 Å². The summed E-state index contributed by atoms with van der Waals surface area (Å²) in [5.41, 5.74) is 0.475. The van der Waals surface area contributed by atoms with Gasteiger partial charge >= 0.3 is 0 Å². The topological polar surface area (TPSA) is 18.5 Å². The van der Waals surface area contributed by atoms with Gasteiger partial charge in [0.1, 0.15) is 0 Å². The Labute approximate surface area is 101 Å². The molecule has 1 fully saturated rings. The summed E-state index contributed by atoms with van der Waals surface area (Å²) in [6, 6.07) is 0. The Morgan fingerprint density at radius 2 is 1.44 bits per heavy atom. The van der Waals surface area contributed by atoms with E-state index in [0.29, 0.717) is 5.41 Å². The Kier molecular flexibility index (Phi) is 5.73. The molecule has 1 aliphatic rings. The molecule has 0 saturated carbocycles. The van der Waals surface area contributed by atoms with Crippen LogP contribution in [0.4, 0.5) is 0 Å². The van der Waals surface area contributed by atoms with Crippen molar-refractivity contribution in [1.29, 1.82) is 0 Å².